The Hall–Kier alpha value is -2.04. The first kappa shape index (κ1) is 21.3. The highest BCUT2D eigenvalue weighted by atomic mass is 16.6. The van der Waals surface area contributed by atoms with Crippen molar-refractivity contribution in [2.75, 3.05) is 13.2 Å². The summed E-state index contributed by atoms with van der Waals surface area (Å²) in [6, 6.07) is 9.93. The number of carbonyl (C=O) groups is 2. The molecule has 0 aromatic heterocycles. The first-order chi connectivity index (χ1) is 12.8. The lowest BCUT2D eigenvalue weighted by atomic mass is 9.97. The number of nitrogens with zero attached hydrogens (tertiary/aromatic N) is 1. The van der Waals surface area contributed by atoms with Crippen molar-refractivity contribution in [1.29, 1.82) is 0 Å². The van der Waals surface area contributed by atoms with Gasteiger partial charge in [-0.25, -0.2) is 9.59 Å². The van der Waals surface area contributed by atoms with Crippen LogP contribution in [0.3, 0.4) is 0 Å². The van der Waals surface area contributed by atoms with Crippen molar-refractivity contribution in [2.45, 2.75) is 71.4 Å². The van der Waals surface area contributed by atoms with Crippen LogP contribution in [0.25, 0.3) is 0 Å². The fourth-order valence-electron chi connectivity index (χ4n) is 3.52. The lowest BCUT2D eigenvalue weighted by Gasteiger charge is -2.27. The SMILES string of the molecule is CCOC(=O)[C@@H]1C[C@H](CCCCc2ccccc2)CN1C(=O)OC(C)(C)C. The molecule has 1 amide bonds. The van der Waals surface area contributed by atoms with Gasteiger partial charge in [-0.1, -0.05) is 36.8 Å². The van der Waals surface area contributed by atoms with Gasteiger partial charge in [0, 0.05) is 6.54 Å². The van der Waals surface area contributed by atoms with Gasteiger partial charge in [0.2, 0.25) is 0 Å². The Bertz CT molecular complexity index is 608. The number of hydrogen-bond acceptors (Lipinski definition) is 4. The molecule has 0 bridgehead atoms. The highest BCUT2D eigenvalue weighted by Crippen LogP contribution is 2.30. The quantitative estimate of drug-likeness (QED) is 0.517. The van der Waals surface area contributed by atoms with Crippen LogP contribution in [0.2, 0.25) is 0 Å². The number of esters is 1. The van der Waals surface area contributed by atoms with Gasteiger partial charge in [0.1, 0.15) is 11.6 Å². The molecule has 1 saturated heterocycles. The van der Waals surface area contributed by atoms with Crippen molar-refractivity contribution in [3.05, 3.63) is 35.9 Å². The van der Waals surface area contributed by atoms with Crippen LogP contribution in [0.1, 0.15) is 58.9 Å². The first-order valence-corrected chi connectivity index (χ1v) is 10.0. The number of carbonyl (C=O) groups excluding carboxylic acids is 2. The van der Waals surface area contributed by atoms with E-state index in [1.807, 2.05) is 26.8 Å². The Morgan fingerprint density at radius 3 is 2.48 bits per heavy atom. The predicted molar refractivity (Wildman–Crippen MR) is 105 cm³/mol. The molecule has 5 nitrogen and oxygen atoms in total. The molecule has 0 aliphatic carbocycles. The number of aryl methyl sites for hydroxylation is 1. The van der Waals surface area contributed by atoms with Crippen LogP contribution in [-0.4, -0.2) is 41.8 Å². The molecule has 1 aliphatic heterocycles. The molecule has 1 heterocycles. The van der Waals surface area contributed by atoms with Crippen LogP contribution in [0.15, 0.2) is 30.3 Å². The third-order valence-electron chi connectivity index (χ3n) is 4.75. The van der Waals surface area contributed by atoms with Crippen LogP contribution >= 0.6 is 0 Å². The molecule has 0 N–H and O–H groups in total. The second-order valence-corrected chi connectivity index (χ2v) is 8.23. The van der Waals surface area contributed by atoms with Crippen LogP contribution in [-0.2, 0) is 20.7 Å². The van der Waals surface area contributed by atoms with E-state index in [0.29, 0.717) is 25.5 Å². The number of benzene rings is 1. The summed E-state index contributed by atoms with van der Waals surface area (Å²) in [5, 5.41) is 0. The summed E-state index contributed by atoms with van der Waals surface area (Å²) in [7, 11) is 0. The summed E-state index contributed by atoms with van der Waals surface area (Å²) < 4.78 is 10.7. The smallest absolute Gasteiger partial charge is 0.411 e. The van der Waals surface area contributed by atoms with Gasteiger partial charge in [0.15, 0.2) is 0 Å². The van der Waals surface area contributed by atoms with Crippen LogP contribution in [0.5, 0.6) is 0 Å². The van der Waals surface area contributed by atoms with Crippen molar-refractivity contribution in [2.24, 2.45) is 5.92 Å². The standard InChI is InChI=1S/C22H33NO4/c1-5-26-20(24)19-15-18(16-23(19)21(25)27-22(2,3)4)14-10-9-13-17-11-7-6-8-12-17/h6-8,11-12,18-19H,5,9-10,13-16H2,1-4H3/t18-,19-/m0/s1. The van der Waals surface area contributed by atoms with Crippen LogP contribution in [0, 0.1) is 5.92 Å². The predicted octanol–water partition coefficient (Wildman–Crippen LogP) is 4.59. The monoisotopic (exact) mass is 375 g/mol. The van der Waals surface area contributed by atoms with Gasteiger partial charge >= 0.3 is 12.1 Å². The maximum Gasteiger partial charge on any atom is 0.411 e. The Morgan fingerprint density at radius 2 is 1.85 bits per heavy atom. The Labute approximate surface area is 163 Å². The van der Waals surface area contributed by atoms with Crippen molar-refractivity contribution in [1.82, 2.24) is 4.90 Å². The van der Waals surface area contributed by atoms with Crippen molar-refractivity contribution < 1.29 is 19.1 Å². The Kier molecular flexibility index (Phi) is 7.69. The zero-order valence-electron chi connectivity index (χ0n) is 17.1. The van der Waals surface area contributed by atoms with Crippen LogP contribution < -0.4 is 0 Å². The van der Waals surface area contributed by atoms with E-state index < -0.39 is 17.7 Å². The molecule has 5 heteroatoms. The van der Waals surface area contributed by atoms with E-state index in [4.69, 9.17) is 9.47 Å². The molecule has 0 unspecified atom stereocenters. The second kappa shape index (κ2) is 9.77. The fourth-order valence-corrected chi connectivity index (χ4v) is 3.52. The number of amides is 1. The minimum Gasteiger partial charge on any atom is -0.464 e. The molecule has 27 heavy (non-hydrogen) atoms. The molecule has 0 spiro atoms. The van der Waals surface area contributed by atoms with Crippen molar-refractivity contribution in [3.63, 3.8) is 0 Å². The van der Waals surface area contributed by atoms with Crippen molar-refractivity contribution in [3.8, 4) is 0 Å². The summed E-state index contributed by atoms with van der Waals surface area (Å²) >= 11 is 0. The van der Waals surface area contributed by atoms with Gasteiger partial charge in [0.25, 0.3) is 0 Å². The van der Waals surface area contributed by atoms with E-state index in [2.05, 4.69) is 24.3 Å². The van der Waals surface area contributed by atoms with Gasteiger partial charge < -0.3 is 9.47 Å². The Morgan fingerprint density at radius 1 is 1.15 bits per heavy atom. The summed E-state index contributed by atoms with van der Waals surface area (Å²) in [4.78, 5) is 26.4. The second-order valence-electron chi connectivity index (χ2n) is 8.23. The number of rotatable bonds is 7. The van der Waals surface area contributed by atoms with Crippen molar-refractivity contribution >= 4 is 12.1 Å². The lowest BCUT2D eigenvalue weighted by molar-refractivity contribution is -0.148. The van der Waals surface area contributed by atoms with Gasteiger partial charge in [-0.15, -0.1) is 0 Å². The van der Waals surface area contributed by atoms with E-state index in [-0.39, 0.29) is 5.97 Å². The largest absolute Gasteiger partial charge is 0.464 e. The molecule has 1 aliphatic rings. The molecule has 1 aromatic rings. The molecule has 0 radical (unpaired) electrons. The minimum absolute atomic E-state index is 0.308. The average molecular weight is 376 g/mol. The number of unbranched alkanes of at least 4 members (excludes halogenated alkanes) is 1. The molecule has 2 rings (SSSR count). The molecular weight excluding hydrogens is 342 g/mol. The van der Waals surface area contributed by atoms with Gasteiger partial charge in [-0.3, -0.25) is 4.90 Å². The zero-order valence-corrected chi connectivity index (χ0v) is 17.1. The molecular formula is C22H33NO4. The minimum atomic E-state index is -0.579. The first-order valence-electron chi connectivity index (χ1n) is 10.0. The normalized spacial score (nSPS) is 19.8. The van der Waals surface area contributed by atoms with E-state index in [9.17, 15) is 9.59 Å². The molecule has 150 valence electrons. The maximum absolute atomic E-state index is 12.5. The van der Waals surface area contributed by atoms with Crippen LogP contribution in [0.4, 0.5) is 4.79 Å². The molecule has 2 atom stereocenters. The fraction of sp³-hybridized carbons (Fsp3) is 0.636. The summed E-state index contributed by atoms with van der Waals surface area (Å²) in [5.74, 6) is -0.0159. The highest BCUT2D eigenvalue weighted by Gasteiger charge is 2.41. The molecule has 1 aromatic carbocycles. The zero-order chi connectivity index (χ0) is 19.9. The van der Waals surface area contributed by atoms with Gasteiger partial charge in [0.05, 0.1) is 6.61 Å². The third-order valence-corrected chi connectivity index (χ3v) is 4.75. The van der Waals surface area contributed by atoms with E-state index in [1.165, 1.54) is 5.56 Å². The van der Waals surface area contributed by atoms with E-state index in [1.54, 1.807) is 11.8 Å². The number of likely N-dealkylation sites (tertiary alicyclic amines) is 1. The Balaban J connectivity index is 1.88. The number of ether oxygens (including phenoxy) is 2. The summed E-state index contributed by atoms with van der Waals surface area (Å²) in [6.45, 7) is 8.17. The summed E-state index contributed by atoms with van der Waals surface area (Å²) in [6.07, 6.45) is 4.48. The number of hydrogen-bond donors (Lipinski definition) is 0. The molecule has 1 fully saturated rings. The topological polar surface area (TPSA) is 55.8 Å². The van der Waals surface area contributed by atoms with E-state index >= 15 is 0 Å². The third kappa shape index (κ3) is 6.89. The average Bonchev–Trinajstić information content (AvgIpc) is 3.03. The highest BCUT2D eigenvalue weighted by molar-refractivity contribution is 5.82. The lowest BCUT2D eigenvalue weighted by Crippen LogP contribution is -2.44. The summed E-state index contributed by atoms with van der Waals surface area (Å²) in [5.41, 5.74) is 0.771. The van der Waals surface area contributed by atoms with Gasteiger partial charge in [-0.05, 0) is 64.9 Å². The van der Waals surface area contributed by atoms with Gasteiger partial charge in [-0.2, -0.15) is 0 Å². The van der Waals surface area contributed by atoms with E-state index in [0.717, 1.165) is 25.7 Å². The maximum atomic E-state index is 12.5. The molecule has 0 saturated carbocycles.